The number of carboxylic acids is 1. The molecule has 0 radical (unpaired) electrons. The Morgan fingerprint density at radius 3 is 2.71 bits per heavy atom. The van der Waals surface area contributed by atoms with Gasteiger partial charge < -0.3 is 20.1 Å². The van der Waals surface area contributed by atoms with Crippen LogP contribution in [0.1, 0.15) is 31.7 Å². The first kappa shape index (κ1) is 15.0. The first-order valence-electron chi connectivity index (χ1n) is 6.88. The van der Waals surface area contributed by atoms with E-state index >= 15 is 0 Å². The largest absolute Gasteiger partial charge is 0.550 e. The molecule has 6 heteroatoms. The number of benzene rings is 1. The summed E-state index contributed by atoms with van der Waals surface area (Å²) in [5.41, 5.74) is 2.58. The normalized spacial score (nSPS) is 12.9. The van der Waals surface area contributed by atoms with Crippen LogP contribution < -0.4 is 15.3 Å². The molecule has 0 bridgehead atoms. The van der Waals surface area contributed by atoms with Crippen molar-refractivity contribution in [3.8, 4) is 0 Å². The molecule has 1 aromatic rings. The number of anilines is 2. The molecule has 0 spiro atoms. The van der Waals surface area contributed by atoms with Gasteiger partial charge in [-0.15, -0.1) is 0 Å². The van der Waals surface area contributed by atoms with E-state index in [0.717, 1.165) is 17.7 Å². The van der Waals surface area contributed by atoms with Crippen LogP contribution in [0, 0.1) is 0 Å². The molecule has 2 amide bonds. The van der Waals surface area contributed by atoms with Crippen LogP contribution in [0.4, 0.5) is 11.4 Å². The van der Waals surface area contributed by atoms with Crippen molar-refractivity contribution in [2.24, 2.45) is 0 Å². The molecule has 1 aliphatic heterocycles. The summed E-state index contributed by atoms with van der Waals surface area (Å²) in [6, 6.07) is 5.42. The van der Waals surface area contributed by atoms with E-state index in [1.54, 1.807) is 11.0 Å². The van der Waals surface area contributed by atoms with Crippen molar-refractivity contribution in [1.82, 2.24) is 0 Å². The SMILES string of the molecule is CC(=O)N1CCc2cc(NC(=O)CCCC(=O)[O-])ccc21. The second-order valence-electron chi connectivity index (χ2n) is 5.04. The average Bonchev–Trinajstić information content (AvgIpc) is 2.81. The van der Waals surface area contributed by atoms with Gasteiger partial charge in [0.25, 0.3) is 0 Å². The molecule has 0 unspecified atom stereocenters. The third kappa shape index (κ3) is 3.81. The molecule has 0 fully saturated rings. The van der Waals surface area contributed by atoms with Crippen LogP contribution in [0.3, 0.4) is 0 Å². The number of fused-ring (bicyclic) bond motifs is 1. The van der Waals surface area contributed by atoms with Crippen molar-refractivity contribution in [2.75, 3.05) is 16.8 Å². The lowest BCUT2D eigenvalue weighted by molar-refractivity contribution is -0.305. The van der Waals surface area contributed by atoms with Crippen LogP contribution >= 0.6 is 0 Å². The van der Waals surface area contributed by atoms with Crippen LogP contribution in [0.2, 0.25) is 0 Å². The fraction of sp³-hybridized carbons (Fsp3) is 0.400. The minimum Gasteiger partial charge on any atom is -0.550 e. The van der Waals surface area contributed by atoms with E-state index < -0.39 is 5.97 Å². The zero-order valence-corrected chi connectivity index (χ0v) is 11.8. The maximum atomic E-state index is 11.7. The molecule has 112 valence electrons. The highest BCUT2D eigenvalue weighted by Gasteiger charge is 2.22. The summed E-state index contributed by atoms with van der Waals surface area (Å²) >= 11 is 0. The van der Waals surface area contributed by atoms with Gasteiger partial charge in [-0.1, -0.05) is 0 Å². The van der Waals surface area contributed by atoms with Crippen LogP contribution in [0.5, 0.6) is 0 Å². The minimum atomic E-state index is -1.15. The maximum Gasteiger partial charge on any atom is 0.224 e. The summed E-state index contributed by atoms with van der Waals surface area (Å²) in [5, 5.41) is 13.0. The Labute approximate surface area is 122 Å². The summed E-state index contributed by atoms with van der Waals surface area (Å²) in [6.45, 7) is 2.19. The molecule has 6 nitrogen and oxygen atoms in total. The molecule has 1 N–H and O–H groups in total. The third-order valence-corrected chi connectivity index (χ3v) is 3.42. The van der Waals surface area contributed by atoms with Gasteiger partial charge in [0.2, 0.25) is 11.8 Å². The molecule has 2 rings (SSSR count). The van der Waals surface area contributed by atoms with Crippen LogP contribution in [-0.2, 0) is 20.8 Å². The third-order valence-electron chi connectivity index (χ3n) is 3.42. The topological polar surface area (TPSA) is 89.5 Å². The number of hydrogen-bond acceptors (Lipinski definition) is 4. The van der Waals surface area contributed by atoms with Gasteiger partial charge in [-0.3, -0.25) is 9.59 Å². The molecule has 0 aromatic heterocycles. The number of hydrogen-bond donors (Lipinski definition) is 1. The monoisotopic (exact) mass is 289 g/mol. The number of nitrogens with one attached hydrogen (secondary N) is 1. The van der Waals surface area contributed by atoms with Gasteiger partial charge in [-0.2, -0.15) is 0 Å². The number of amides is 2. The van der Waals surface area contributed by atoms with Crippen LogP contribution in [-0.4, -0.2) is 24.3 Å². The minimum absolute atomic E-state index is 0.00724. The zero-order chi connectivity index (χ0) is 15.4. The van der Waals surface area contributed by atoms with Crippen molar-refractivity contribution in [2.45, 2.75) is 32.6 Å². The Bertz CT molecular complexity index is 583. The molecular weight excluding hydrogens is 272 g/mol. The van der Waals surface area contributed by atoms with Crippen molar-refractivity contribution < 1.29 is 19.5 Å². The Morgan fingerprint density at radius 2 is 2.05 bits per heavy atom. The molecule has 0 saturated heterocycles. The van der Waals surface area contributed by atoms with E-state index in [2.05, 4.69) is 5.32 Å². The molecule has 1 aromatic carbocycles. The lowest BCUT2D eigenvalue weighted by Crippen LogP contribution is -2.25. The van der Waals surface area contributed by atoms with Gasteiger partial charge in [0.1, 0.15) is 0 Å². The number of carboxylic acid groups (broad SMARTS) is 1. The number of carbonyl (C=O) groups is 3. The predicted molar refractivity (Wildman–Crippen MR) is 75.7 cm³/mol. The predicted octanol–water partition coefficient (Wildman–Crippen LogP) is 0.454. The Kier molecular flexibility index (Phi) is 4.57. The number of aliphatic carboxylic acids is 1. The standard InChI is InChI=1S/C15H18N2O4/c1-10(18)17-8-7-11-9-12(5-6-13(11)17)16-14(19)3-2-4-15(20)21/h5-6,9H,2-4,7-8H2,1H3,(H,16,19)(H,20,21)/p-1. The molecule has 0 aliphatic carbocycles. The first-order chi connectivity index (χ1) is 9.97. The Balaban J connectivity index is 1.95. The van der Waals surface area contributed by atoms with E-state index in [-0.39, 0.29) is 31.1 Å². The first-order valence-corrected chi connectivity index (χ1v) is 6.88. The van der Waals surface area contributed by atoms with Gasteiger partial charge >= 0.3 is 0 Å². The molecule has 0 atom stereocenters. The van der Waals surface area contributed by atoms with Gasteiger partial charge in [-0.05, 0) is 43.0 Å². The highest BCUT2D eigenvalue weighted by atomic mass is 16.4. The summed E-state index contributed by atoms with van der Waals surface area (Å²) in [5.74, 6) is -1.37. The highest BCUT2D eigenvalue weighted by molar-refractivity contribution is 5.95. The van der Waals surface area contributed by atoms with E-state index in [4.69, 9.17) is 0 Å². The average molecular weight is 289 g/mol. The Hall–Kier alpha value is -2.37. The van der Waals surface area contributed by atoms with Gasteiger partial charge in [-0.25, -0.2) is 0 Å². The number of carbonyl (C=O) groups excluding carboxylic acids is 3. The second kappa shape index (κ2) is 6.39. The molecular formula is C15H17N2O4-. The van der Waals surface area contributed by atoms with Crippen molar-refractivity contribution in [1.29, 1.82) is 0 Å². The van der Waals surface area contributed by atoms with Gasteiger partial charge in [0.05, 0.1) is 0 Å². The molecule has 1 aliphatic rings. The molecule has 21 heavy (non-hydrogen) atoms. The van der Waals surface area contributed by atoms with Gasteiger partial charge in [0, 0.05) is 37.2 Å². The number of rotatable bonds is 5. The summed E-state index contributed by atoms with van der Waals surface area (Å²) in [6.07, 6.45) is 1.05. The van der Waals surface area contributed by atoms with Crippen molar-refractivity contribution >= 4 is 29.2 Å². The summed E-state index contributed by atoms with van der Waals surface area (Å²) in [4.78, 5) is 35.1. The zero-order valence-electron chi connectivity index (χ0n) is 11.8. The smallest absolute Gasteiger partial charge is 0.224 e. The molecule has 0 saturated carbocycles. The van der Waals surface area contributed by atoms with Crippen LogP contribution in [0.15, 0.2) is 18.2 Å². The fourth-order valence-electron chi connectivity index (χ4n) is 2.42. The second-order valence-corrected chi connectivity index (χ2v) is 5.04. The number of nitrogens with zero attached hydrogens (tertiary/aromatic N) is 1. The highest BCUT2D eigenvalue weighted by Crippen LogP contribution is 2.30. The van der Waals surface area contributed by atoms with E-state index in [1.165, 1.54) is 6.92 Å². The molecule has 1 heterocycles. The van der Waals surface area contributed by atoms with E-state index in [9.17, 15) is 19.5 Å². The van der Waals surface area contributed by atoms with E-state index in [1.807, 2.05) is 12.1 Å². The van der Waals surface area contributed by atoms with Gasteiger partial charge in [0.15, 0.2) is 0 Å². The summed E-state index contributed by atoms with van der Waals surface area (Å²) < 4.78 is 0. The Morgan fingerprint density at radius 1 is 1.29 bits per heavy atom. The fourth-order valence-corrected chi connectivity index (χ4v) is 2.42. The lowest BCUT2D eigenvalue weighted by Gasteiger charge is -2.15. The lowest BCUT2D eigenvalue weighted by atomic mass is 10.1. The van der Waals surface area contributed by atoms with Crippen molar-refractivity contribution in [3.05, 3.63) is 23.8 Å². The quantitative estimate of drug-likeness (QED) is 0.852. The van der Waals surface area contributed by atoms with Crippen molar-refractivity contribution in [3.63, 3.8) is 0 Å². The maximum absolute atomic E-state index is 11.7. The van der Waals surface area contributed by atoms with Crippen LogP contribution in [0.25, 0.3) is 0 Å². The summed E-state index contributed by atoms with van der Waals surface area (Å²) in [7, 11) is 0. The van der Waals surface area contributed by atoms with E-state index in [0.29, 0.717) is 12.2 Å².